The van der Waals surface area contributed by atoms with Crippen molar-refractivity contribution in [1.82, 2.24) is 9.88 Å². The number of ether oxygens (including phenoxy) is 2. The van der Waals surface area contributed by atoms with Crippen LogP contribution in [0.3, 0.4) is 0 Å². The lowest BCUT2D eigenvalue weighted by Gasteiger charge is -2.26. The maximum Gasteiger partial charge on any atom is 0.253 e. The number of anilines is 1. The lowest BCUT2D eigenvalue weighted by atomic mass is 10.1. The number of hydrogen-bond acceptors (Lipinski definition) is 4. The van der Waals surface area contributed by atoms with Crippen LogP contribution < -0.4 is 20.3 Å². The van der Waals surface area contributed by atoms with E-state index in [1.165, 1.54) is 12.1 Å². The van der Waals surface area contributed by atoms with Crippen molar-refractivity contribution in [3.8, 4) is 11.5 Å². The quantitative estimate of drug-likeness (QED) is 0.362. The maximum atomic E-state index is 13.4. The van der Waals surface area contributed by atoms with E-state index in [1.54, 1.807) is 32.4 Å². The molecule has 0 unspecified atom stereocenters. The van der Waals surface area contributed by atoms with Crippen molar-refractivity contribution in [2.75, 3.05) is 19.5 Å². The van der Waals surface area contributed by atoms with Gasteiger partial charge < -0.3 is 24.7 Å². The molecule has 0 aliphatic heterocycles. The van der Waals surface area contributed by atoms with Gasteiger partial charge in [-0.2, -0.15) is 0 Å². The van der Waals surface area contributed by atoms with Gasteiger partial charge in [-0.1, -0.05) is 30.3 Å². The molecule has 4 rings (SSSR count). The number of para-hydroxylation sites is 1. The molecule has 0 aliphatic carbocycles. The molecule has 0 aliphatic rings. The summed E-state index contributed by atoms with van der Waals surface area (Å²) < 4.78 is 24.2. The summed E-state index contributed by atoms with van der Waals surface area (Å²) in [6.07, 6.45) is 0. The predicted octanol–water partition coefficient (Wildman–Crippen LogP) is 5.08. The van der Waals surface area contributed by atoms with Crippen LogP contribution in [0.2, 0.25) is 0 Å². The second kappa shape index (κ2) is 10.4. The number of thiocarbonyl (C=S) groups is 1. The van der Waals surface area contributed by atoms with Crippen LogP contribution >= 0.6 is 12.2 Å². The van der Waals surface area contributed by atoms with Crippen molar-refractivity contribution < 1.29 is 13.9 Å². The Morgan fingerprint density at radius 3 is 2.32 bits per heavy atom. The Kier molecular flexibility index (Phi) is 7.08. The third-order valence-corrected chi connectivity index (χ3v) is 5.75. The molecule has 1 aromatic heterocycles. The van der Waals surface area contributed by atoms with E-state index in [0.29, 0.717) is 34.2 Å². The van der Waals surface area contributed by atoms with Gasteiger partial charge >= 0.3 is 0 Å². The SMILES string of the molecule is COc1cc2cc(CN(Cc3ccc(F)cc3)C(=S)Nc3ccccc3)c(=O)[nH]c2cc1OC. The summed E-state index contributed by atoms with van der Waals surface area (Å²) in [7, 11) is 3.11. The molecular weight excluding hydrogens is 453 g/mol. The van der Waals surface area contributed by atoms with Gasteiger partial charge in [0.15, 0.2) is 16.6 Å². The molecule has 4 aromatic rings. The van der Waals surface area contributed by atoms with E-state index in [9.17, 15) is 9.18 Å². The lowest BCUT2D eigenvalue weighted by molar-refractivity contribution is 0.355. The van der Waals surface area contributed by atoms with Gasteiger partial charge in [0.1, 0.15) is 5.82 Å². The number of pyridine rings is 1. The van der Waals surface area contributed by atoms with Crippen LogP contribution in [0.4, 0.5) is 10.1 Å². The van der Waals surface area contributed by atoms with Crippen molar-refractivity contribution >= 4 is 33.9 Å². The topological polar surface area (TPSA) is 66.6 Å². The third-order valence-electron chi connectivity index (χ3n) is 5.39. The molecule has 34 heavy (non-hydrogen) atoms. The number of rotatable bonds is 7. The zero-order valence-electron chi connectivity index (χ0n) is 18.8. The molecule has 0 amide bonds. The van der Waals surface area contributed by atoms with E-state index in [1.807, 2.05) is 47.4 Å². The van der Waals surface area contributed by atoms with Crippen molar-refractivity contribution in [1.29, 1.82) is 0 Å². The fourth-order valence-corrected chi connectivity index (χ4v) is 3.88. The van der Waals surface area contributed by atoms with Crippen LogP contribution in [0.1, 0.15) is 11.1 Å². The van der Waals surface area contributed by atoms with Crippen LogP contribution in [0, 0.1) is 5.82 Å². The molecule has 2 N–H and O–H groups in total. The second-order valence-electron chi connectivity index (χ2n) is 7.70. The van der Waals surface area contributed by atoms with Crippen molar-refractivity contribution in [2.24, 2.45) is 0 Å². The van der Waals surface area contributed by atoms with Gasteiger partial charge in [-0.05, 0) is 54.2 Å². The highest BCUT2D eigenvalue weighted by molar-refractivity contribution is 7.80. The first-order valence-corrected chi connectivity index (χ1v) is 11.0. The van der Waals surface area contributed by atoms with Crippen molar-refractivity contribution in [3.63, 3.8) is 0 Å². The van der Waals surface area contributed by atoms with E-state index in [-0.39, 0.29) is 17.9 Å². The molecule has 0 radical (unpaired) electrons. The highest BCUT2D eigenvalue weighted by Crippen LogP contribution is 2.31. The molecule has 3 aromatic carbocycles. The zero-order chi connectivity index (χ0) is 24.1. The Labute approximate surface area is 201 Å². The number of hydrogen-bond donors (Lipinski definition) is 2. The summed E-state index contributed by atoms with van der Waals surface area (Å²) in [5.74, 6) is 0.789. The lowest BCUT2D eigenvalue weighted by Crippen LogP contribution is -2.35. The molecule has 0 atom stereocenters. The van der Waals surface area contributed by atoms with Gasteiger partial charge in [0.2, 0.25) is 0 Å². The molecule has 0 spiro atoms. The zero-order valence-corrected chi connectivity index (χ0v) is 19.6. The highest BCUT2D eigenvalue weighted by Gasteiger charge is 2.16. The number of aromatic amines is 1. The number of benzene rings is 3. The normalized spacial score (nSPS) is 10.7. The molecule has 174 valence electrons. The number of fused-ring (bicyclic) bond motifs is 1. The van der Waals surface area contributed by atoms with Gasteiger partial charge in [-0.25, -0.2) is 4.39 Å². The number of nitrogens with zero attached hydrogens (tertiary/aromatic N) is 1. The number of nitrogens with one attached hydrogen (secondary N) is 2. The minimum absolute atomic E-state index is 0.230. The van der Waals surface area contributed by atoms with Gasteiger partial charge in [-0.3, -0.25) is 4.79 Å². The largest absolute Gasteiger partial charge is 0.493 e. The number of H-pyrrole nitrogens is 1. The Bertz CT molecular complexity index is 1360. The molecule has 8 heteroatoms. The Hall–Kier alpha value is -3.91. The summed E-state index contributed by atoms with van der Waals surface area (Å²) in [6.45, 7) is 0.637. The maximum absolute atomic E-state index is 13.4. The van der Waals surface area contributed by atoms with Crippen LogP contribution in [0.15, 0.2) is 77.6 Å². The molecule has 1 heterocycles. The third kappa shape index (κ3) is 5.35. The summed E-state index contributed by atoms with van der Waals surface area (Å²) in [6, 6.07) is 21.1. The molecule has 0 saturated heterocycles. The van der Waals surface area contributed by atoms with Crippen LogP contribution in [-0.2, 0) is 13.1 Å². The average molecular weight is 478 g/mol. The molecule has 0 bridgehead atoms. The molecule has 0 saturated carbocycles. The minimum atomic E-state index is -0.310. The van der Waals surface area contributed by atoms with E-state index < -0.39 is 0 Å². The first-order valence-electron chi connectivity index (χ1n) is 10.6. The van der Waals surface area contributed by atoms with E-state index in [2.05, 4.69) is 10.3 Å². The Balaban J connectivity index is 1.67. The summed E-state index contributed by atoms with van der Waals surface area (Å²) in [4.78, 5) is 17.7. The van der Waals surface area contributed by atoms with Gasteiger partial charge in [-0.15, -0.1) is 0 Å². The number of methoxy groups -OCH3 is 2. The van der Waals surface area contributed by atoms with Crippen LogP contribution in [0.25, 0.3) is 10.9 Å². The number of halogens is 1. The summed E-state index contributed by atoms with van der Waals surface area (Å²) in [5.41, 5.74) is 2.63. The van der Waals surface area contributed by atoms with E-state index >= 15 is 0 Å². The fraction of sp³-hybridized carbons (Fsp3) is 0.154. The molecular formula is C26H24FN3O3S. The average Bonchev–Trinajstić information content (AvgIpc) is 2.85. The first kappa shape index (κ1) is 23.3. The van der Waals surface area contributed by atoms with Gasteiger partial charge in [0.05, 0.1) is 26.3 Å². The smallest absolute Gasteiger partial charge is 0.253 e. The summed E-state index contributed by atoms with van der Waals surface area (Å²) >= 11 is 5.69. The van der Waals surface area contributed by atoms with Gasteiger partial charge in [0.25, 0.3) is 5.56 Å². The van der Waals surface area contributed by atoms with Crippen molar-refractivity contribution in [2.45, 2.75) is 13.1 Å². The van der Waals surface area contributed by atoms with Gasteiger partial charge in [0, 0.05) is 29.2 Å². The minimum Gasteiger partial charge on any atom is -0.493 e. The van der Waals surface area contributed by atoms with Crippen molar-refractivity contribution in [3.05, 3.63) is 100 Å². The standard InChI is InChI=1S/C26H24FN3O3S/c1-32-23-13-18-12-19(25(31)29-22(18)14-24(23)33-2)16-30(15-17-8-10-20(27)11-9-17)26(34)28-21-6-4-3-5-7-21/h3-14H,15-16H2,1-2H3,(H,28,34)(H,29,31). The number of aromatic nitrogens is 1. The molecule has 6 nitrogen and oxygen atoms in total. The summed E-state index contributed by atoms with van der Waals surface area (Å²) in [5, 5.41) is 4.47. The second-order valence-corrected chi connectivity index (χ2v) is 8.08. The fourth-order valence-electron chi connectivity index (χ4n) is 3.64. The highest BCUT2D eigenvalue weighted by atomic mass is 32.1. The first-order chi connectivity index (χ1) is 16.5. The Morgan fingerprint density at radius 2 is 1.65 bits per heavy atom. The van der Waals surface area contributed by atoms with E-state index in [4.69, 9.17) is 21.7 Å². The predicted molar refractivity (Wildman–Crippen MR) is 136 cm³/mol. The van der Waals surface area contributed by atoms with Crippen LogP contribution in [-0.4, -0.2) is 29.2 Å². The van der Waals surface area contributed by atoms with Crippen LogP contribution in [0.5, 0.6) is 11.5 Å². The van der Waals surface area contributed by atoms with E-state index in [0.717, 1.165) is 16.6 Å². The molecule has 0 fully saturated rings. The Morgan fingerprint density at radius 1 is 0.971 bits per heavy atom. The monoisotopic (exact) mass is 477 g/mol.